The first-order valence-corrected chi connectivity index (χ1v) is 11.1. The highest BCUT2D eigenvalue weighted by Crippen LogP contribution is 2.34. The molecular formula is C26H17Cl2N3O3. The predicted molar refractivity (Wildman–Crippen MR) is 134 cm³/mol. The fraction of sp³-hybridized carbons (Fsp3) is 0.0385. The number of furan rings is 1. The number of fused-ring (bicyclic) bond motifs is 1. The van der Waals surface area contributed by atoms with E-state index >= 15 is 0 Å². The number of hydrogen-bond donors (Lipinski definition) is 1. The molecule has 0 bridgehead atoms. The summed E-state index contributed by atoms with van der Waals surface area (Å²) >= 11 is 12.3. The second kappa shape index (κ2) is 9.17. The maximum atomic E-state index is 12.6. The van der Waals surface area contributed by atoms with Gasteiger partial charge in [0.25, 0.3) is 0 Å². The molecule has 0 aliphatic heterocycles. The van der Waals surface area contributed by atoms with Crippen LogP contribution in [0.2, 0.25) is 10.0 Å². The van der Waals surface area contributed by atoms with Gasteiger partial charge in [0.1, 0.15) is 11.5 Å². The summed E-state index contributed by atoms with van der Waals surface area (Å²) in [5.41, 5.74) is 4.09. The number of carbonyl (C=O) groups excluding carboxylic acids is 1. The van der Waals surface area contributed by atoms with Crippen LogP contribution in [0.15, 0.2) is 81.8 Å². The molecule has 2 aromatic carbocycles. The van der Waals surface area contributed by atoms with Crippen LogP contribution in [0.5, 0.6) is 0 Å². The van der Waals surface area contributed by atoms with Gasteiger partial charge in [0, 0.05) is 29.1 Å². The van der Waals surface area contributed by atoms with Crippen molar-refractivity contribution in [3.8, 4) is 22.8 Å². The van der Waals surface area contributed by atoms with Crippen molar-refractivity contribution in [2.24, 2.45) is 0 Å². The number of carbonyl (C=O) groups is 1. The number of pyridine rings is 1. The zero-order chi connectivity index (χ0) is 23.7. The number of aryl methyl sites for hydroxylation is 1. The zero-order valence-corrected chi connectivity index (χ0v) is 19.4. The lowest BCUT2D eigenvalue weighted by Gasteiger charge is -2.07. The van der Waals surface area contributed by atoms with Gasteiger partial charge >= 0.3 is 0 Å². The largest absolute Gasteiger partial charge is 0.457 e. The van der Waals surface area contributed by atoms with Crippen molar-refractivity contribution >= 4 is 52.1 Å². The highest BCUT2D eigenvalue weighted by Gasteiger charge is 2.12. The van der Waals surface area contributed by atoms with Gasteiger partial charge in [0.05, 0.1) is 10.0 Å². The molecule has 0 unspecified atom stereocenters. The van der Waals surface area contributed by atoms with E-state index in [1.807, 2.05) is 31.2 Å². The molecule has 3 heterocycles. The van der Waals surface area contributed by atoms with E-state index in [2.05, 4.69) is 15.3 Å². The molecule has 0 saturated carbocycles. The van der Waals surface area contributed by atoms with Gasteiger partial charge < -0.3 is 14.2 Å². The topological polar surface area (TPSA) is 81.2 Å². The molecule has 0 saturated heterocycles. The molecule has 6 nitrogen and oxygen atoms in total. The summed E-state index contributed by atoms with van der Waals surface area (Å²) in [7, 11) is 0. The van der Waals surface area contributed by atoms with Gasteiger partial charge in [-0.2, -0.15) is 4.98 Å². The first kappa shape index (κ1) is 21.9. The van der Waals surface area contributed by atoms with E-state index in [4.69, 9.17) is 32.0 Å². The minimum Gasteiger partial charge on any atom is -0.457 e. The molecule has 0 aliphatic rings. The Hall–Kier alpha value is -3.87. The summed E-state index contributed by atoms with van der Waals surface area (Å²) < 4.78 is 11.6. The lowest BCUT2D eigenvalue weighted by molar-refractivity contribution is -0.111. The summed E-state index contributed by atoms with van der Waals surface area (Å²) in [6.45, 7) is 1.91. The van der Waals surface area contributed by atoms with E-state index in [1.165, 1.54) is 6.08 Å². The first-order valence-electron chi connectivity index (χ1n) is 10.3. The summed E-state index contributed by atoms with van der Waals surface area (Å²) in [5, 5.41) is 3.75. The lowest BCUT2D eigenvalue weighted by Crippen LogP contribution is -2.09. The number of nitrogens with zero attached hydrogens (tertiary/aromatic N) is 2. The van der Waals surface area contributed by atoms with Crippen LogP contribution in [0, 0.1) is 6.92 Å². The fourth-order valence-corrected chi connectivity index (χ4v) is 3.79. The molecule has 34 heavy (non-hydrogen) atoms. The standard InChI is InChI=1S/C26H17Cl2N3O3/c1-15-7-8-16(26-31-25-22(34-26)6-3-13-29-25)14-20(15)30-23(32)12-10-17-9-11-21(33-17)18-4-2-5-19(27)24(18)28/h2-14H,1H3,(H,30,32)/b12-10+. The van der Waals surface area contributed by atoms with Crippen molar-refractivity contribution in [1.82, 2.24) is 9.97 Å². The number of anilines is 1. The number of nitrogens with one attached hydrogen (secondary N) is 1. The maximum absolute atomic E-state index is 12.6. The van der Waals surface area contributed by atoms with Crippen LogP contribution < -0.4 is 5.32 Å². The van der Waals surface area contributed by atoms with Crippen LogP contribution in [0.25, 0.3) is 40.1 Å². The molecule has 5 rings (SSSR count). The van der Waals surface area contributed by atoms with Crippen molar-refractivity contribution in [3.63, 3.8) is 0 Å². The highest BCUT2D eigenvalue weighted by atomic mass is 35.5. The molecular weight excluding hydrogens is 473 g/mol. The molecule has 0 atom stereocenters. The summed E-state index contributed by atoms with van der Waals surface area (Å²) in [4.78, 5) is 21.2. The third-order valence-electron chi connectivity index (χ3n) is 5.15. The summed E-state index contributed by atoms with van der Waals surface area (Å²) in [6, 6.07) is 18.0. The predicted octanol–water partition coefficient (Wildman–Crippen LogP) is 7.42. The monoisotopic (exact) mass is 489 g/mol. The Balaban J connectivity index is 1.32. The SMILES string of the molecule is Cc1ccc(-c2nc3ncccc3o2)cc1NC(=O)/C=C/c1ccc(-c2cccc(Cl)c2Cl)o1. The number of benzene rings is 2. The highest BCUT2D eigenvalue weighted by molar-refractivity contribution is 6.43. The normalized spacial score (nSPS) is 11.4. The molecule has 8 heteroatoms. The van der Waals surface area contributed by atoms with Crippen molar-refractivity contribution in [1.29, 1.82) is 0 Å². The van der Waals surface area contributed by atoms with E-state index in [0.717, 1.165) is 11.1 Å². The molecule has 1 N–H and O–H groups in total. The average molecular weight is 490 g/mol. The van der Waals surface area contributed by atoms with E-state index in [1.54, 1.807) is 48.7 Å². The number of aromatic nitrogens is 2. The molecule has 168 valence electrons. The first-order chi connectivity index (χ1) is 16.5. The Labute approximate surface area is 204 Å². The Kier molecular flexibility index (Phi) is 5.92. The minimum atomic E-state index is -0.307. The Morgan fingerprint density at radius 1 is 1.03 bits per heavy atom. The van der Waals surface area contributed by atoms with E-state index < -0.39 is 0 Å². The number of rotatable bonds is 5. The van der Waals surface area contributed by atoms with Crippen LogP contribution >= 0.6 is 23.2 Å². The minimum absolute atomic E-state index is 0.307. The number of halogens is 2. The third kappa shape index (κ3) is 4.46. The molecule has 0 fully saturated rings. The quantitative estimate of drug-likeness (QED) is 0.259. The molecule has 0 spiro atoms. The molecule has 1 amide bonds. The van der Waals surface area contributed by atoms with Gasteiger partial charge in [0.2, 0.25) is 11.8 Å². The van der Waals surface area contributed by atoms with Crippen LogP contribution in [0.4, 0.5) is 5.69 Å². The van der Waals surface area contributed by atoms with Crippen molar-refractivity contribution in [2.75, 3.05) is 5.32 Å². The van der Waals surface area contributed by atoms with Crippen LogP contribution in [0.3, 0.4) is 0 Å². The lowest BCUT2D eigenvalue weighted by atomic mass is 10.1. The molecule has 0 aliphatic carbocycles. The average Bonchev–Trinajstić information content (AvgIpc) is 3.48. The van der Waals surface area contributed by atoms with Crippen molar-refractivity contribution in [2.45, 2.75) is 6.92 Å². The van der Waals surface area contributed by atoms with Gasteiger partial charge in [-0.1, -0.05) is 35.3 Å². The van der Waals surface area contributed by atoms with Crippen LogP contribution in [0.1, 0.15) is 11.3 Å². The summed E-state index contributed by atoms with van der Waals surface area (Å²) in [6.07, 6.45) is 4.65. The zero-order valence-electron chi connectivity index (χ0n) is 17.9. The molecule has 3 aromatic heterocycles. The van der Waals surface area contributed by atoms with Gasteiger partial charge in [-0.15, -0.1) is 0 Å². The fourth-order valence-electron chi connectivity index (χ4n) is 3.40. The Morgan fingerprint density at radius 3 is 2.76 bits per heavy atom. The number of amides is 1. The van der Waals surface area contributed by atoms with E-state index in [0.29, 0.717) is 49.9 Å². The van der Waals surface area contributed by atoms with Gasteiger partial charge in [0.15, 0.2) is 11.2 Å². The molecule has 5 aromatic rings. The van der Waals surface area contributed by atoms with E-state index in [9.17, 15) is 4.79 Å². The molecule has 0 radical (unpaired) electrons. The van der Waals surface area contributed by atoms with Crippen LogP contribution in [-0.4, -0.2) is 15.9 Å². The Morgan fingerprint density at radius 2 is 1.91 bits per heavy atom. The Bertz CT molecular complexity index is 1520. The van der Waals surface area contributed by atoms with Gasteiger partial charge in [-0.05, 0) is 67.1 Å². The smallest absolute Gasteiger partial charge is 0.248 e. The van der Waals surface area contributed by atoms with Crippen molar-refractivity contribution in [3.05, 3.63) is 94.3 Å². The van der Waals surface area contributed by atoms with Gasteiger partial charge in [-0.3, -0.25) is 4.79 Å². The third-order valence-corrected chi connectivity index (χ3v) is 5.97. The maximum Gasteiger partial charge on any atom is 0.248 e. The van der Waals surface area contributed by atoms with Crippen LogP contribution in [-0.2, 0) is 4.79 Å². The number of hydrogen-bond acceptors (Lipinski definition) is 5. The second-order valence-corrected chi connectivity index (χ2v) is 8.29. The van der Waals surface area contributed by atoms with Crippen molar-refractivity contribution < 1.29 is 13.6 Å². The summed E-state index contributed by atoms with van der Waals surface area (Å²) in [5.74, 6) is 1.19. The van der Waals surface area contributed by atoms with Gasteiger partial charge in [-0.25, -0.2) is 4.98 Å². The second-order valence-electron chi connectivity index (χ2n) is 7.50. The van der Waals surface area contributed by atoms with E-state index in [-0.39, 0.29) is 5.91 Å². The number of oxazole rings is 1.